The van der Waals surface area contributed by atoms with Crippen LogP contribution in [0.2, 0.25) is 0 Å². The monoisotopic (exact) mass is 316 g/mol. The Morgan fingerprint density at radius 3 is 2.96 bits per heavy atom. The van der Waals surface area contributed by atoms with Gasteiger partial charge in [0.1, 0.15) is 11.6 Å². The number of carbonyl (C=O) groups excluding carboxylic acids is 1. The van der Waals surface area contributed by atoms with Crippen LogP contribution < -0.4 is 5.32 Å². The molecule has 5 nitrogen and oxygen atoms in total. The van der Waals surface area contributed by atoms with E-state index >= 15 is 0 Å². The molecule has 0 saturated heterocycles. The maximum absolute atomic E-state index is 13.5. The van der Waals surface area contributed by atoms with Gasteiger partial charge in [0.15, 0.2) is 5.82 Å². The minimum absolute atomic E-state index is 0.0979. The number of hydrogen-bond acceptors (Lipinski definition) is 3. The number of benzene rings is 1. The van der Waals surface area contributed by atoms with Crippen molar-refractivity contribution >= 4 is 5.91 Å². The Morgan fingerprint density at radius 2 is 2.09 bits per heavy atom. The van der Waals surface area contributed by atoms with Crippen molar-refractivity contribution in [1.29, 1.82) is 0 Å². The topological polar surface area (TPSA) is 59.8 Å². The van der Waals surface area contributed by atoms with Crippen LogP contribution in [0.15, 0.2) is 24.3 Å². The molecule has 1 amide bonds. The summed E-state index contributed by atoms with van der Waals surface area (Å²) in [5, 5.41) is 11.3. The van der Waals surface area contributed by atoms with Crippen LogP contribution in [-0.2, 0) is 30.7 Å². The number of aromatic nitrogens is 3. The van der Waals surface area contributed by atoms with E-state index in [-0.39, 0.29) is 18.1 Å². The van der Waals surface area contributed by atoms with E-state index in [9.17, 15) is 9.18 Å². The number of nitrogens with one attached hydrogen (secondary N) is 1. The predicted molar refractivity (Wildman–Crippen MR) is 84.1 cm³/mol. The predicted octanol–water partition coefficient (Wildman–Crippen LogP) is 2.39. The second-order valence-corrected chi connectivity index (χ2v) is 5.86. The highest BCUT2D eigenvalue weighted by molar-refractivity contribution is 5.76. The number of fused-ring (bicyclic) bond motifs is 1. The van der Waals surface area contributed by atoms with Crippen LogP contribution in [0.3, 0.4) is 0 Å². The molecule has 0 spiro atoms. The maximum atomic E-state index is 13.5. The third-order valence-corrected chi connectivity index (χ3v) is 4.21. The number of hydrogen-bond donors (Lipinski definition) is 1. The first-order chi connectivity index (χ1) is 11.2. The van der Waals surface area contributed by atoms with Gasteiger partial charge in [-0.15, -0.1) is 10.2 Å². The van der Waals surface area contributed by atoms with Gasteiger partial charge < -0.3 is 9.88 Å². The summed E-state index contributed by atoms with van der Waals surface area (Å²) in [7, 11) is 0. The summed E-state index contributed by atoms with van der Waals surface area (Å²) in [6.07, 6.45) is 5.09. The summed E-state index contributed by atoms with van der Waals surface area (Å²) < 4.78 is 15.6. The molecule has 0 fully saturated rings. The van der Waals surface area contributed by atoms with Gasteiger partial charge in [-0.05, 0) is 30.9 Å². The van der Waals surface area contributed by atoms with E-state index in [1.807, 2.05) is 0 Å². The van der Waals surface area contributed by atoms with Crippen LogP contribution in [0.5, 0.6) is 0 Å². The van der Waals surface area contributed by atoms with Crippen LogP contribution in [0, 0.1) is 5.82 Å². The fraction of sp³-hybridized carbons (Fsp3) is 0.471. The van der Waals surface area contributed by atoms with Gasteiger partial charge in [0, 0.05) is 19.4 Å². The second-order valence-electron chi connectivity index (χ2n) is 5.86. The number of rotatable bonds is 5. The smallest absolute Gasteiger partial charge is 0.220 e. The van der Waals surface area contributed by atoms with E-state index in [0.717, 1.165) is 37.5 Å². The van der Waals surface area contributed by atoms with Gasteiger partial charge in [-0.3, -0.25) is 4.79 Å². The van der Waals surface area contributed by atoms with Crippen molar-refractivity contribution in [3.63, 3.8) is 0 Å². The molecule has 122 valence electrons. The highest BCUT2D eigenvalue weighted by atomic mass is 19.1. The van der Waals surface area contributed by atoms with Crippen molar-refractivity contribution in [3.05, 3.63) is 47.3 Å². The highest BCUT2D eigenvalue weighted by Gasteiger charge is 2.15. The Morgan fingerprint density at radius 1 is 1.22 bits per heavy atom. The molecule has 1 aromatic heterocycles. The van der Waals surface area contributed by atoms with Crippen LogP contribution in [0.1, 0.15) is 42.9 Å². The summed E-state index contributed by atoms with van der Waals surface area (Å²) in [5.74, 6) is 1.46. The van der Waals surface area contributed by atoms with Gasteiger partial charge in [0.05, 0.1) is 6.54 Å². The summed E-state index contributed by atoms with van der Waals surface area (Å²) in [5.41, 5.74) is 0.569. The zero-order valence-corrected chi connectivity index (χ0v) is 13.1. The van der Waals surface area contributed by atoms with E-state index in [1.165, 1.54) is 12.5 Å². The number of carbonyl (C=O) groups is 1. The van der Waals surface area contributed by atoms with Crippen LogP contribution in [-0.4, -0.2) is 20.7 Å². The van der Waals surface area contributed by atoms with Crippen molar-refractivity contribution in [1.82, 2.24) is 20.1 Å². The molecule has 0 bridgehead atoms. The molecule has 0 atom stereocenters. The van der Waals surface area contributed by atoms with Gasteiger partial charge >= 0.3 is 0 Å². The molecular weight excluding hydrogens is 295 g/mol. The van der Waals surface area contributed by atoms with E-state index in [4.69, 9.17) is 0 Å². The van der Waals surface area contributed by atoms with Gasteiger partial charge in [-0.2, -0.15) is 0 Å². The zero-order chi connectivity index (χ0) is 16.1. The molecular formula is C17H21FN4O. The first-order valence-electron chi connectivity index (χ1n) is 8.15. The average Bonchev–Trinajstić information content (AvgIpc) is 2.78. The maximum Gasteiger partial charge on any atom is 0.220 e. The lowest BCUT2D eigenvalue weighted by Gasteiger charge is -2.08. The zero-order valence-electron chi connectivity index (χ0n) is 13.1. The summed E-state index contributed by atoms with van der Waals surface area (Å²) >= 11 is 0. The Hall–Kier alpha value is -2.24. The Kier molecular flexibility index (Phi) is 5.00. The Balaban J connectivity index is 1.51. The molecule has 0 radical (unpaired) electrons. The molecule has 2 heterocycles. The third-order valence-electron chi connectivity index (χ3n) is 4.21. The summed E-state index contributed by atoms with van der Waals surface area (Å²) in [6.45, 7) is 1.30. The molecule has 6 heteroatoms. The molecule has 0 unspecified atom stereocenters. The molecule has 0 saturated carbocycles. The van der Waals surface area contributed by atoms with Crippen molar-refractivity contribution in [2.45, 2.75) is 51.6 Å². The fourth-order valence-corrected chi connectivity index (χ4v) is 2.89. The van der Waals surface area contributed by atoms with Crippen molar-refractivity contribution in [3.8, 4) is 0 Å². The number of amides is 1. The molecule has 0 aliphatic carbocycles. The molecule has 1 aliphatic rings. The molecule has 3 rings (SSSR count). The molecule has 1 aromatic carbocycles. The van der Waals surface area contributed by atoms with E-state index < -0.39 is 0 Å². The lowest BCUT2D eigenvalue weighted by molar-refractivity contribution is -0.121. The summed E-state index contributed by atoms with van der Waals surface area (Å²) in [6, 6.07) is 6.55. The Bertz CT molecular complexity index is 683. The van der Waals surface area contributed by atoms with E-state index in [1.54, 1.807) is 18.2 Å². The average molecular weight is 316 g/mol. The van der Waals surface area contributed by atoms with Crippen molar-refractivity contribution < 1.29 is 9.18 Å². The number of halogens is 1. The van der Waals surface area contributed by atoms with Crippen LogP contribution in [0.25, 0.3) is 0 Å². The molecule has 1 N–H and O–H groups in total. The summed E-state index contributed by atoms with van der Waals surface area (Å²) in [4.78, 5) is 12.0. The van der Waals surface area contributed by atoms with Gasteiger partial charge in [-0.1, -0.05) is 24.6 Å². The van der Waals surface area contributed by atoms with Gasteiger partial charge in [-0.25, -0.2) is 4.39 Å². The minimum Gasteiger partial charge on any atom is -0.349 e. The SMILES string of the molecule is O=C(CCc1ccccc1F)NCc1nnc2n1CCCCC2. The third kappa shape index (κ3) is 3.94. The molecule has 1 aliphatic heterocycles. The largest absolute Gasteiger partial charge is 0.349 e. The van der Waals surface area contributed by atoms with Crippen molar-refractivity contribution in [2.75, 3.05) is 0 Å². The van der Waals surface area contributed by atoms with Gasteiger partial charge in [0.25, 0.3) is 0 Å². The van der Waals surface area contributed by atoms with E-state index in [0.29, 0.717) is 18.5 Å². The van der Waals surface area contributed by atoms with E-state index in [2.05, 4.69) is 20.1 Å². The standard InChI is InChI=1S/C17H21FN4O/c18-14-7-4-3-6-13(14)9-10-17(23)19-12-16-21-20-15-8-2-1-5-11-22(15)16/h3-4,6-7H,1-2,5,8-12H2,(H,19,23). The first kappa shape index (κ1) is 15.6. The van der Waals surface area contributed by atoms with Crippen LogP contribution >= 0.6 is 0 Å². The minimum atomic E-state index is -0.261. The Labute approximate surface area is 134 Å². The molecule has 2 aromatic rings. The molecule has 23 heavy (non-hydrogen) atoms. The fourth-order valence-electron chi connectivity index (χ4n) is 2.89. The normalized spacial score (nSPS) is 14.1. The quantitative estimate of drug-likeness (QED) is 0.921. The van der Waals surface area contributed by atoms with Crippen molar-refractivity contribution in [2.24, 2.45) is 0 Å². The van der Waals surface area contributed by atoms with Crippen LogP contribution in [0.4, 0.5) is 4.39 Å². The lowest BCUT2D eigenvalue weighted by Crippen LogP contribution is -2.25. The highest BCUT2D eigenvalue weighted by Crippen LogP contribution is 2.14. The first-order valence-corrected chi connectivity index (χ1v) is 8.15. The number of aryl methyl sites for hydroxylation is 2. The number of nitrogens with zero attached hydrogens (tertiary/aromatic N) is 3. The van der Waals surface area contributed by atoms with Gasteiger partial charge in [0.2, 0.25) is 5.91 Å². The lowest BCUT2D eigenvalue weighted by atomic mass is 10.1. The second kappa shape index (κ2) is 7.35.